The molecule has 5 nitrogen and oxygen atoms in total. The Hall–Kier alpha value is -2.79. The van der Waals surface area contributed by atoms with Crippen LogP contribution >= 0.6 is 11.6 Å². The molecule has 31 heavy (non-hydrogen) atoms. The van der Waals surface area contributed by atoms with E-state index in [1.165, 1.54) is 10.9 Å². The number of anilines is 1. The summed E-state index contributed by atoms with van der Waals surface area (Å²) in [5.74, 6) is 0.590. The van der Waals surface area contributed by atoms with Crippen molar-refractivity contribution < 1.29 is 9.59 Å². The molecular weight excluding hydrogens is 410 g/mol. The first-order valence-corrected chi connectivity index (χ1v) is 11.3. The number of hydrogen-bond acceptors (Lipinski definition) is 2. The summed E-state index contributed by atoms with van der Waals surface area (Å²) in [5, 5.41) is 4.75. The van der Waals surface area contributed by atoms with Gasteiger partial charge in [-0.3, -0.25) is 9.59 Å². The minimum Gasteiger partial charge on any atom is -0.361 e. The summed E-state index contributed by atoms with van der Waals surface area (Å²) >= 11 is 5.88. The van der Waals surface area contributed by atoms with Crippen LogP contribution in [0.1, 0.15) is 37.7 Å². The molecule has 2 amide bonds. The second-order valence-corrected chi connectivity index (χ2v) is 8.74. The fraction of sp³-hybridized carbons (Fsp3) is 0.360. The molecule has 1 aliphatic rings. The standard InChI is InChI=1S/C25H28ClN3O2/c26-20-9-11-21(12-10-20)28-24(30)13-7-18-4-3-15-29(17-18)25(31)14-8-19-16-27-23-6-2-1-5-22(19)23/h1-2,5-6,9-12,16,18,27H,3-4,7-8,13-15,17H2,(H,28,30). The quantitative estimate of drug-likeness (QED) is 0.519. The van der Waals surface area contributed by atoms with Crippen LogP contribution in [-0.4, -0.2) is 34.8 Å². The Kier molecular flexibility index (Phi) is 6.92. The van der Waals surface area contributed by atoms with E-state index in [-0.39, 0.29) is 11.8 Å². The number of hydrogen-bond donors (Lipinski definition) is 2. The number of benzene rings is 2. The molecule has 2 aromatic carbocycles. The van der Waals surface area contributed by atoms with Gasteiger partial charge in [0.25, 0.3) is 0 Å². The maximum Gasteiger partial charge on any atom is 0.224 e. The smallest absolute Gasteiger partial charge is 0.224 e. The van der Waals surface area contributed by atoms with E-state index in [0.29, 0.717) is 23.8 Å². The lowest BCUT2D eigenvalue weighted by Gasteiger charge is -2.33. The minimum absolute atomic E-state index is 0.00473. The monoisotopic (exact) mass is 437 g/mol. The second-order valence-electron chi connectivity index (χ2n) is 8.30. The number of fused-ring (bicyclic) bond motifs is 1. The second kappa shape index (κ2) is 10.0. The van der Waals surface area contributed by atoms with E-state index in [2.05, 4.69) is 22.4 Å². The molecule has 6 heteroatoms. The predicted octanol–water partition coefficient (Wildman–Crippen LogP) is 5.41. The number of amides is 2. The van der Waals surface area contributed by atoms with Gasteiger partial charge < -0.3 is 15.2 Å². The molecule has 0 saturated carbocycles. The summed E-state index contributed by atoms with van der Waals surface area (Å²) < 4.78 is 0. The first-order chi connectivity index (χ1) is 15.1. The minimum atomic E-state index is 0.00473. The molecule has 0 bridgehead atoms. The number of halogens is 1. The number of aromatic nitrogens is 1. The summed E-state index contributed by atoms with van der Waals surface area (Å²) in [6.07, 6.45) is 6.61. The highest BCUT2D eigenvalue weighted by molar-refractivity contribution is 6.30. The fourth-order valence-electron chi connectivity index (χ4n) is 4.36. The number of nitrogens with zero attached hydrogens (tertiary/aromatic N) is 1. The van der Waals surface area contributed by atoms with Crippen molar-refractivity contribution in [1.29, 1.82) is 0 Å². The van der Waals surface area contributed by atoms with Crippen molar-refractivity contribution in [1.82, 2.24) is 9.88 Å². The number of carbonyl (C=O) groups is 2. The normalized spacial score (nSPS) is 16.4. The van der Waals surface area contributed by atoms with Crippen molar-refractivity contribution in [3.63, 3.8) is 0 Å². The van der Waals surface area contributed by atoms with E-state index in [0.717, 1.165) is 50.0 Å². The third kappa shape index (κ3) is 5.67. The van der Waals surface area contributed by atoms with E-state index in [1.807, 2.05) is 23.2 Å². The molecule has 0 radical (unpaired) electrons. The Labute approximate surface area is 187 Å². The maximum atomic E-state index is 12.8. The Balaban J connectivity index is 1.23. The topological polar surface area (TPSA) is 65.2 Å². The summed E-state index contributed by atoms with van der Waals surface area (Å²) in [7, 11) is 0. The fourth-order valence-corrected chi connectivity index (χ4v) is 4.48. The third-order valence-corrected chi connectivity index (χ3v) is 6.31. The maximum absolute atomic E-state index is 12.8. The van der Waals surface area contributed by atoms with Crippen molar-refractivity contribution in [2.45, 2.75) is 38.5 Å². The predicted molar refractivity (Wildman–Crippen MR) is 125 cm³/mol. The van der Waals surface area contributed by atoms with Crippen LogP contribution in [-0.2, 0) is 16.0 Å². The number of nitrogens with one attached hydrogen (secondary N) is 2. The van der Waals surface area contributed by atoms with Gasteiger partial charge in [-0.25, -0.2) is 0 Å². The van der Waals surface area contributed by atoms with Gasteiger partial charge in [0.1, 0.15) is 0 Å². The number of aryl methyl sites for hydroxylation is 1. The van der Waals surface area contributed by atoms with Gasteiger partial charge in [-0.05, 0) is 67.5 Å². The number of H-pyrrole nitrogens is 1. The summed E-state index contributed by atoms with van der Waals surface area (Å²) in [4.78, 5) is 30.3. The highest BCUT2D eigenvalue weighted by atomic mass is 35.5. The molecule has 2 heterocycles. The lowest BCUT2D eigenvalue weighted by molar-refractivity contribution is -0.133. The van der Waals surface area contributed by atoms with Crippen molar-refractivity contribution in [3.05, 3.63) is 65.3 Å². The van der Waals surface area contributed by atoms with E-state index in [9.17, 15) is 9.59 Å². The first kappa shape index (κ1) is 21.4. The van der Waals surface area contributed by atoms with Gasteiger partial charge in [0.2, 0.25) is 11.8 Å². The molecule has 1 unspecified atom stereocenters. The lowest BCUT2D eigenvalue weighted by atomic mass is 9.93. The lowest BCUT2D eigenvalue weighted by Crippen LogP contribution is -2.40. The van der Waals surface area contributed by atoms with Crippen LogP contribution in [0.5, 0.6) is 0 Å². The van der Waals surface area contributed by atoms with Crippen LogP contribution in [0.4, 0.5) is 5.69 Å². The summed E-state index contributed by atoms with van der Waals surface area (Å²) in [6.45, 7) is 1.57. The van der Waals surface area contributed by atoms with Crippen LogP contribution < -0.4 is 5.32 Å². The van der Waals surface area contributed by atoms with Crippen molar-refractivity contribution in [2.75, 3.05) is 18.4 Å². The zero-order chi connectivity index (χ0) is 21.6. The van der Waals surface area contributed by atoms with Crippen molar-refractivity contribution in [2.24, 2.45) is 5.92 Å². The van der Waals surface area contributed by atoms with E-state index >= 15 is 0 Å². The van der Waals surface area contributed by atoms with Crippen molar-refractivity contribution in [3.8, 4) is 0 Å². The number of para-hydroxylation sites is 1. The van der Waals surface area contributed by atoms with Gasteiger partial charge in [0.15, 0.2) is 0 Å². The molecule has 1 fully saturated rings. The highest BCUT2D eigenvalue weighted by Crippen LogP contribution is 2.24. The molecular formula is C25H28ClN3O2. The summed E-state index contributed by atoms with van der Waals surface area (Å²) in [6, 6.07) is 15.3. The SMILES string of the molecule is O=C(CCC1CCCN(C(=O)CCc2c[nH]c3ccccc23)C1)Nc1ccc(Cl)cc1. The first-order valence-electron chi connectivity index (χ1n) is 11.0. The van der Waals surface area contributed by atoms with Gasteiger partial charge in [0, 0.05) is 53.7 Å². The molecule has 4 rings (SSSR count). The molecule has 0 spiro atoms. The van der Waals surface area contributed by atoms with Gasteiger partial charge in [-0.15, -0.1) is 0 Å². The number of piperidine rings is 1. The third-order valence-electron chi connectivity index (χ3n) is 6.06. The molecule has 1 saturated heterocycles. The van der Waals surface area contributed by atoms with Crippen LogP contribution in [0.25, 0.3) is 10.9 Å². The van der Waals surface area contributed by atoms with Crippen molar-refractivity contribution >= 4 is 40.0 Å². The molecule has 0 aliphatic carbocycles. The van der Waals surface area contributed by atoms with Gasteiger partial charge >= 0.3 is 0 Å². The highest BCUT2D eigenvalue weighted by Gasteiger charge is 2.24. The average molecular weight is 438 g/mol. The molecule has 2 N–H and O–H groups in total. The van der Waals surface area contributed by atoms with Gasteiger partial charge in [0.05, 0.1) is 0 Å². The molecule has 1 aliphatic heterocycles. The van der Waals surface area contributed by atoms with Gasteiger partial charge in [-0.2, -0.15) is 0 Å². The molecule has 1 aromatic heterocycles. The van der Waals surface area contributed by atoms with E-state index in [1.54, 1.807) is 24.3 Å². The number of carbonyl (C=O) groups excluding carboxylic acids is 2. The molecule has 162 valence electrons. The zero-order valence-corrected chi connectivity index (χ0v) is 18.3. The summed E-state index contributed by atoms with van der Waals surface area (Å²) in [5.41, 5.74) is 3.06. The Morgan fingerprint density at radius 3 is 2.74 bits per heavy atom. The number of rotatable bonds is 7. The largest absolute Gasteiger partial charge is 0.361 e. The average Bonchev–Trinajstić information content (AvgIpc) is 3.21. The van der Waals surface area contributed by atoms with Crippen LogP contribution in [0.15, 0.2) is 54.7 Å². The molecule has 3 aromatic rings. The zero-order valence-electron chi connectivity index (χ0n) is 17.6. The number of likely N-dealkylation sites (tertiary alicyclic amines) is 1. The van der Waals surface area contributed by atoms with Crippen LogP contribution in [0.3, 0.4) is 0 Å². The Morgan fingerprint density at radius 1 is 1.10 bits per heavy atom. The number of aromatic amines is 1. The van der Waals surface area contributed by atoms with E-state index in [4.69, 9.17) is 11.6 Å². The van der Waals surface area contributed by atoms with Crippen LogP contribution in [0.2, 0.25) is 5.02 Å². The molecule has 1 atom stereocenters. The van der Waals surface area contributed by atoms with Crippen LogP contribution in [0, 0.1) is 5.92 Å². The van der Waals surface area contributed by atoms with E-state index < -0.39 is 0 Å². The Bertz CT molecular complexity index is 1040. The van der Waals surface area contributed by atoms with Gasteiger partial charge in [-0.1, -0.05) is 29.8 Å². The Morgan fingerprint density at radius 2 is 1.90 bits per heavy atom.